The molecule has 4 nitrogen and oxygen atoms in total. The predicted molar refractivity (Wildman–Crippen MR) is 72.3 cm³/mol. The van der Waals surface area contributed by atoms with Gasteiger partial charge in [0.15, 0.2) is 0 Å². The fourth-order valence-electron chi connectivity index (χ4n) is 2.65. The van der Waals surface area contributed by atoms with Gasteiger partial charge in [0.25, 0.3) is 0 Å². The maximum atomic E-state index is 9.84. The molecule has 1 heterocycles. The van der Waals surface area contributed by atoms with Crippen LogP contribution in [0.25, 0.3) is 0 Å². The Balaban J connectivity index is 2.05. The molecule has 18 heavy (non-hydrogen) atoms. The van der Waals surface area contributed by atoms with Crippen molar-refractivity contribution in [2.24, 2.45) is 11.1 Å². The summed E-state index contributed by atoms with van der Waals surface area (Å²) in [5.74, 6) is 0. The van der Waals surface area contributed by atoms with Crippen LogP contribution in [-0.4, -0.2) is 27.5 Å². The Morgan fingerprint density at radius 2 is 2.22 bits per heavy atom. The Labute approximate surface area is 109 Å². The molecular formula is C14H25N3O. The van der Waals surface area contributed by atoms with E-state index in [0.29, 0.717) is 12.6 Å². The van der Waals surface area contributed by atoms with Crippen LogP contribution in [0, 0.1) is 5.41 Å². The van der Waals surface area contributed by atoms with E-state index in [1.807, 2.05) is 6.92 Å². The quantitative estimate of drug-likeness (QED) is 0.840. The number of aromatic nitrogens is 2. The molecule has 0 saturated heterocycles. The van der Waals surface area contributed by atoms with Gasteiger partial charge in [0.2, 0.25) is 0 Å². The first-order valence-electron chi connectivity index (χ1n) is 6.97. The third kappa shape index (κ3) is 2.75. The van der Waals surface area contributed by atoms with Gasteiger partial charge in [-0.25, -0.2) is 0 Å². The monoisotopic (exact) mass is 251 g/mol. The Kier molecular flexibility index (Phi) is 4.07. The highest BCUT2D eigenvalue weighted by atomic mass is 16.3. The smallest absolute Gasteiger partial charge is 0.0631 e. The number of rotatable bonds is 5. The number of hydrogen-bond donors (Lipinski definition) is 2. The fraction of sp³-hybridized carbons (Fsp3) is 0.786. The summed E-state index contributed by atoms with van der Waals surface area (Å²) in [5.41, 5.74) is 6.55. The van der Waals surface area contributed by atoms with E-state index < -0.39 is 6.10 Å². The minimum Gasteiger partial charge on any atom is -0.393 e. The van der Waals surface area contributed by atoms with Crippen molar-refractivity contribution >= 4 is 0 Å². The molecule has 0 spiro atoms. The highest BCUT2D eigenvalue weighted by molar-refractivity contribution is 5.05. The number of nitrogens with two attached hydrogens (primary N) is 1. The van der Waals surface area contributed by atoms with Crippen molar-refractivity contribution in [3.05, 3.63) is 18.0 Å². The zero-order valence-corrected chi connectivity index (χ0v) is 11.5. The number of aliphatic hydroxyl groups excluding tert-OH is 1. The van der Waals surface area contributed by atoms with Crippen LogP contribution < -0.4 is 5.73 Å². The van der Waals surface area contributed by atoms with E-state index in [4.69, 9.17) is 5.73 Å². The average Bonchev–Trinajstić information content (AvgIpc) is 2.97. The lowest BCUT2D eigenvalue weighted by atomic mass is 9.81. The molecule has 2 rings (SSSR count). The van der Waals surface area contributed by atoms with Crippen LogP contribution >= 0.6 is 0 Å². The minimum atomic E-state index is -0.417. The fourth-order valence-corrected chi connectivity index (χ4v) is 2.65. The standard InChI is InChI=1S/C14H25N3O/c1-11(18)14(2,10-15)9-12-7-8-17(16-12)13-5-3-4-6-13/h7-8,11,13,18H,3-6,9-10,15H2,1-2H3. The number of hydrogen-bond acceptors (Lipinski definition) is 3. The van der Waals surface area contributed by atoms with Gasteiger partial charge in [-0.3, -0.25) is 4.68 Å². The molecule has 0 aromatic carbocycles. The molecule has 1 fully saturated rings. The zero-order chi connectivity index (χ0) is 13.2. The van der Waals surface area contributed by atoms with Crippen molar-refractivity contribution in [1.29, 1.82) is 0 Å². The summed E-state index contributed by atoms with van der Waals surface area (Å²) < 4.78 is 2.10. The molecule has 4 heteroatoms. The molecule has 1 aliphatic carbocycles. The predicted octanol–water partition coefficient (Wildman–Crippen LogP) is 1.89. The lowest BCUT2D eigenvalue weighted by molar-refractivity contribution is 0.0580. The summed E-state index contributed by atoms with van der Waals surface area (Å²) in [6.45, 7) is 4.30. The molecule has 1 aliphatic rings. The lowest BCUT2D eigenvalue weighted by Crippen LogP contribution is -2.39. The molecule has 1 aromatic rings. The average molecular weight is 251 g/mol. The second-order valence-electron chi connectivity index (χ2n) is 5.94. The van der Waals surface area contributed by atoms with E-state index in [0.717, 1.165) is 12.1 Å². The minimum absolute atomic E-state index is 0.283. The lowest BCUT2D eigenvalue weighted by Gasteiger charge is -2.30. The maximum Gasteiger partial charge on any atom is 0.0631 e. The molecule has 1 saturated carbocycles. The van der Waals surface area contributed by atoms with E-state index in [1.54, 1.807) is 6.92 Å². The van der Waals surface area contributed by atoms with Gasteiger partial charge < -0.3 is 10.8 Å². The third-order valence-electron chi connectivity index (χ3n) is 4.42. The number of nitrogens with zero attached hydrogens (tertiary/aromatic N) is 2. The van der Waals surface area contributed by atoms with Gasteiger partial charge >= 0.3 is 0 Å². The van der Waals surface area contributed by atoms with Crippen molar-refractivity contribution in [3.8, 4) is 0 Å². The highest BCUT2D eigenvalue weighted by Gasteiger charge is 2.30. The Morgan fingerprint density at radius 3 is 2.78 bits per heavy atom. The van der Waals surface area contributed by atoms with Gasteiger partial charge in [0.1, 0.15) is 0 Å². The molecular weight excluding hydrogens is 226 g/mol. The maximum absolute atomic E-state index is 9.84. The summed E-state index contributed by atoms with van der Waals surface area (Å²) in [7, 11) is 0. The van der Waals surface area contributed by atoms with Crippen LogP contribution in [0.1, 0.15) is 51.3 Å². The molecule has 1 aromatic heterocycles. The van der Waals surface area contributed by atoms with Crippen LogP contribution in [0.4, 0.5) is 0 Å². The SMILES string of the molecule is CC(O)C(C)(CN)Cc1ccn(C2CCCC2)n1. The largest absolute Gasteiger partial charge is 0.393 e. The summed E-state index contributed by atoms with van der Waals surface area (Å²) in [6, 6.07) is 2.64. The van der Waals surface area contributed by atoms with Crippen LogP contribution in [0.5, 0.6) is 0 Å². The first kappa shape index (κ1) is 13.6. The van der Waals surface area contributed by atoms with Crippen molar-refractivity contribution < 1.29 is 5.11 Å². The summed E-state index contributed by atoms with van der Waals surface area (Å²) in [6.07, 6.45) is 7.50. The summed E-state index contributed by atoms with van der Waals surface area (Å²) in [4.78, 5) is 0. The van der Waals surface area contributed by atoms with E-state index in [-0.39, 0.29) is 5.41 Å². The van der Waals surface area contributed by atoms with Crippen LogP contribution in [0.3, 0.4) is 0 Å². The molecule has 2 atom stereocenters. The molecule has 2 unspecified atom stereocenters. The molecule has 0 bridgehead atoms. The molecule has 102 valence electrons. The first-order chi connectivity index (χ1) is 8.55. The molecule has 0 amide bonds. The van der Waals surface area contributed by atoms with E-state index in [9.17, 15) is 5.11 Å². The number of aliphatic hydroxyl groups is 1. The normalized spacial score (nSPS) is 22.0. The molecule has 0 radical (unpaired) electrons. The van der Waals surface area contributed by atoms with Crippen molar-refractivity contribution in [3.63, 3.8) is 0 Å². The van der Waals surface area contributed by atoms with Gasteiger partial charge in [-0.15, -0.1) is 0 Å². The Hall–Kier alpha value is -0.870. The molecule has 3 N–H and O–H groups in total. The van der Waals surface area contributed by atoms with Crippen molar-refractivity contribution in [1.82, 2.24) is 9.78 Å². The summed E-state index contributed by atoms with van der Waals surface area (Å²) in [5, 5.41) is 14.5. The van der Waals surface area contributed by atoms with Crippen molar-refractivity contribution in [2.45, 2.75) is 58.1 Å². The Bertz CT molecular complexity index is 382. The first-order valence-corrected chi connectivity index (χ1v) is 6.97. The molecule has 0 aliphatic heterocycles. The van der Waals surface area contributed by atoms with Crippen LogP contribution in [0.15, 0.2) is 12.3 Å². The van der Waals surface area contributed by atoms with Crippen LogP contribution in [-0.2, 0) is 6.42 Å². The van der Waals surface area contributed by atoms with Gasteiger partial charge in [-0.2, -0.15) is 5.10 Å². The second kappa shape index (κ2) is 5.41. The second-order valence-corrected chi connectivity index (χ2v) is 5.94. The third-order valence-corrected chi connectivity index (χ3v) is 4.42. The summed E-state index contributed by atoms with van der Waals surface area (Å²) >= 11 is 0. The van der Waals surface area contributed by atoms with E-state index in [2.05, 4.69) is 22.0 Å². The van der Waals surface area contributed by atoms with Gasteiger partial charge in [0.05, 0.1) is 17.8 Å². The van der Waals surface area contributed by atoms with E-state index in [1.165, 1.54) is 25.7 Å². The van der Waals surface area contributed by atoms with Gasteiger partial charge in [-0.05, 0) is 25.8 Å². The zero-order valence-electron chi connectivity index (χ0n) is 11.5. The van der Waals surface area contributed by atoms with Gasteiger partial charge in [-0.1, -0.05) is 19.8 Å². The highest BCUT2D eigenvalue weighted by Crippen LogP contribution is 2.30. The van der Waals surface area contributed by atoms with Crippen molar-refractivity contribution in [2.75, 3.05) is 6.54 Å². The van der Waals surface area contributed by atoms with Gasteiger partial charge in [0, 0.05) is 24.6 Å². The van der Waals surface area contributed by atoms with E-state index >= 15 is 0 Å². The topological polar surface area (TPSA) is 64.1 Å². The Morgan fingerprint density at radius 1 is 1.56 bits per heavy atom. The van der Waals surface area contributed by atoms with Crippen LogP contribution in [0.2, 0.25) is 0 Å².